The van der Waals surface area contributed by atoms with Crippen LogP contribution < -0.4 is 10.2 Å². The minimum absolute atomic E-state index is 0.701. The smallest absolute Gasteiger partial charge is 0.185 e. The first kappa shape index (κ1) is 14.3. The number of anilines is 1. The van der Waals surface area contributed by atoms with E-state index in [0.29, 0.717) is 6.04 Å². The van der Waals surface area contributed by atoms with Gasteiger partial charge in [0.05, 0.1) is 5.69 Å². The lowest BCUT2D eigenvalue weighted by atomic mass is 10.1. The van der Waals surface area contributed by atoms with Crippen LogP contribution in [-0.2, 0) is 6.54 Å². The van der Waals surface area contributed by atoms with E-state index >= 15 is 0 Å². The second-order valence-corrected chi connectivity index (χ2v) is 7.48. The molecule has 1 N–H and O–H groups in total. The molecule has 0 saturated heterocycles. The van der Waals surface area contributed by atoms with Gasteiger partial charge in [-0.1, -0.05) is 25.7 Å². The van der Waals surface area contributed by atoms with Crippen molar-refractivity contribution in [3.63, 3.8) is 0 Å². The van der Waals surface area contributed by atoms with Crippen molar-refractivity contribution in [2.75, 3.05) is 11.9 Å². The molecule has 2 fully saturated rings. The molecule has 1 aromatic rings. The zero-order chi connectivity index (χ0) is 13.9. The molecule has 1 aromatic heterocycles. The molecule has 2 aliphatic rings. The van der Waals surface area contributed by atoms with Gasteiger partial charge in [0.25, 0.3) is 0 Å². The molecule has 0 radical (unpaired) electrons. The molecule has 0 aromatic carbocycles. The third-order valence-corrected chi connectivity index (χ3v) is 5.93. The number of aryl methyl sites for hydroxylation is 1. The maximum absolute atomic E-state index is 4.82. The highest BCUT2D eigenvalue weighted by Crippen LogP contribution is 2.31. The summed E-state index contributed by atoms with van der Waals surface area (Å²) < 4.78 is 0. The maximum atomic E-state index is 4.82. The van der Waals surface area contributed by atoms with Gasteiger partial charge in [-0.3, -0.25) is 0 Å². The number of hydrogen-bond acceptors (Lipinski definition) is 4. The topological polar surface area (TPSA) is 28.2 Å². The average molecular weight is 293 g/mol. The van der Waals surface area contributed by atoms with Gasteiger partial charge in [-0.05, 0) is 32.6 Å². The van der Waals surface area contributed by atoms with Crippen molar-refractivity contribution in [2.45, 2.75) is 76.9 Å². The monoisotopic (exact) mass is 293 g/mol. The normalized spacial score (nSPS) is 20.9. The van der Waals surface area contributed by atoms with Crippen molar-refractivity contribution in [3.05, 3.63) is 10.6 Å². The highest BCUT2D eigenvalue weighted by atomic mass is 32.1. The fraction of sp³-hybridized carbons (Fsp3) is 0.812. The molecule has 4 heteroatoms. The zero-order valence-electron chi connectivity index (χ0n) is 12.8. The summed E-state index contributed by atoms with van der Waals surface area (Å²) in [4.78, 5) is 8.69. The minimum Gasteiger partial charge on any atom is -0.348 e. The first-order chi connectivity index (χ1) is 9.74. The van der Waals surface area contributed by atoms with E-state index in [1.807, 2.05) is 11.3 Å². The Kier molecular flexibility index (Phi) is 4.61. The van der Waals surface area contributed by atoms with E-state index in [-0.39, 0.29) is 0 Å². The van der Waals surface area contributed by atoms with Crippen LogP contribution in [0.3, 0.4) is 0 Å². The van der Waals surface area contributed by atoms with E-state index in [0.717, 1.165) is 12.6 Å². The van der Waals surface area contributed by atoms with Crippen LogP contribution in [-0.4, -0.2) is 24.1 Å². The van der Waals surface area contributed by atoms with Crippen molar-refractivity contribution in [2.24, 2.45) is 0 Å². The van der Waals surface area contributed by atoms with Crippen molar-refractivity contribution in [1.29, 1.82) is 0 Å². The Bertz CT molecular complexity index is 431. The van der Waals surface area contributed by atoms with Gasteiger partial charge in [0.2, 0.25) is 0 Å². The van der Waals surface area contributed by atoms with Crippen molar-refractivity contribution in [1.82, 2.24) is 10.3 Å². The molecule has 3 nitrogen and oxygen atoms in total. The van der Waals surface area contributed by atoms with Gasteiger partial charge in [-0.25, -0.2) is 4.98 Å². The molecule has 0 amide bonds. The van der Waals surface area contributed by atoms with Crippen LogP contribution >= 0.6 is 11.3 Å². The molecule has 112 valence electrons. The van der Waals surface area contributed by atoms with Gasteiger partial charge >= 0.3 is 0 Å². The van der Waals surface area contributed by atoms with E-state index in [1.54, 1.807) is 0 Å². The lowest BCUT2D eigenvalue weighted by Gasteiger charge is -2.26. The second-order valence-electron chi connectivity index (χ2n) is 6.42. The quantitative estimate of drug-likeness (QED) is 0.836. The highest BCUT2D eigenvalue weighted by Gasteiger charge is 2.23. The first-order valence-corrected chi connectivity index (χ1v) is 8.98. The van der Waals surface area contributed by atoms with E-state index in [1.165, 1.54) is 67.1 Å². The van der Waals surface area contributed by atoms with Crippen LogP contribution in [0.1, 0.15) is 61.9 Å². The van der Waals surface area contributed by atoms with Gasteiger partial charge in [0, 0.05) is 30.6 Å². The molecule has 0 bridgehead atoms. The van der Waals surface area contributed by atoms with Crippen molar-refractivity contribution < 1.29 is 0 Å². The summed E-state index contributed by atoms with van der Waals surface area (Å²) in [6.07, 6.45) is 11.0. The van der Waals surface area contributed by atoms with E-state index < -0.39 is 0 Å². The van der Waals surface area contributed by atoms with Crippen LogP contribution in [0.5, 0.6) is 0 Å². The Balaban J connectivity index is 1.63. The summed E-state index contributed by atoms with van der Waals surface area (Å²) >= 11 is 1.89. The molecule has 3 rings (SSSR count). The Hall–Kier alpha value is -0.610. The number of nitrogens with zero attached hydrogens (tertiary/aromatic N) is 2. The molecular formula is C16H27N3S. The largest absolute Gasteiger partial charge is 0.348 e. The molecule has 0 atom stereocenters. The summed E-state index contributed by atoms with van der Waals surface area (Å²) in [6.45, 7) is 3.16. The third-order valence-electron chi connectivity index (χ3n) is 4.68. The molecule has 0 aliphatic heterocycles. The van der Waals surface area contributed by atoms with Crippen LogP contribution in [0.4, 0.5) is 5.13 Å². The average Bonchev–Trinajstić information content (AvgIpc) is 3.23. The van der Waals surface area contributed by atoms with Crippen LogP contribution in [0.15, 0.2) is 0 Å². The summed E-state index contributed by atoms with van der Waals surface area (Å²) in [5.74, 6) is 0. The Morgan fingerprint density at radius 3 is 2.50 bits per heavy atom. The molecule has 2 saturated carbocycles. The standard InChI is InChI=1S/C16H27N3S/c1-12-15(11-17-13-9-10-13)20-16(18-12)19(2)14-7-5-3-4-6-8-14/h13-14,17H,3-11H2,1-2H3. The lowest BCUT2D eigenvalue weighted by Crippen LogP contribution is -2.30. The number of rotatable bonds is 5. The first-order valence-electron chi connectivity index (χ1n) is 8.16. The van der Waals surface area contributed by atoms with E-state index in [4.69, 9.17) is 4.98 Å². The predicted molar refractivity (Wildman–Crippen MR) is 86.6 cm³/mol. The lowest BCUT2D eigenvalue weighted by molar-refractivity contribution is 0.552. The summed E-state index contributed by atoms with van der Waals surface area (Å²) in [6, 6.07) is 1.48. The van der Waals surface area contributed by atoms with Gasteiger partial charge in [-0.2, -0.15) is 0 Å². The maximum Gasteiger partial charge on any atom is 0.185 e. The fourth-order valence-electron chi connectivity index (χ4n) is 3.05. The molecule has 20 heavy (non-hydrogen) atoms. The van der Waals surface area contributed by atoms with E-state index in [2.05, 4.69) is 24.2 Å². The van der Waals surface area contributed by atoms with Crippen LogP contribution in [0, 0.1) is 6.92 Å². The Morgan fingerprint density at radius 2 is 1.85 bits per heavy atom. The van der Waals surface area contributed by atoms with E-state index in [9.17, 15) is 0 Å². The minimum atomic E-state index is 0.701. The van der Waals surface area contributed by atoms with Gasteiger partial charge < -0.3 is 10.2 Å². The van der Waals surface area contributed by atoms with Gasteiger partial charge in [0.1, 0.15) is 0 Å². The van der Waals surface area contributed by atoms with Crippen molar-refractivity contribution >= 4 is 16.5 Å². The molecule has 2 aliphatic carbocycles. The molecule has 0 spiro atoms. The SMILES string of the molecule is Cc1nc(N(C)C2CCCCCC2)sc1CNC1CC1. The van der Waals surface area contributed by atoms with Gasteiger partial charge in [-0.15, -0.1) is 11.3 Å². The second kappa shape index (κ2) is 6.44. The fourth-order valence-corrected chi connectivity index (χ4v) is 4.10. The molecule has 0 unspecified atom stereocenters. The number of nitrogens with one attached hydrogen (secondary N) is 1. The number of aromatic nitrogens is 1. The van der Waals surface area contributed by atoms with Crippen LogP contribution in [0.2, 0.25) is 0 Å². The number of hydrogen-bond donors (Lipinski definition) is 1. The predicted octanol–water partition coefficient (Wildman–Crippen LogP) is 3.86. The number of thiazole rings is 1. The summed E-state index contributed by atoms with van der Waals surface area (Å²) in [5, 5.41) is 4.83. The summed E-state index contributed by atoms with van der Waals surface area (Å²) in [7, 11) is 2.24. The summed E-state index contributed by atoms with van der Waals surface area (Å²) in [5.41, 5.74) is 1.22. The van der Waals surface area contributed by atoms with Gasteiger partial charge in [0.15, 0.2) is 5.13 Å². The molecule has 1 heterocycles. The third kappa shape index (κ3) is 3.53. The van der Waals surface area contributed by atoms with Crippen LogP contribution in [0.25, 0.3) is 0 Å². The molecular weight excluding hydrogens is 266 g/mol. The Morgan fingerprint density at radius 1 is 1.15 bits per heavy atom. The highest BCUT2D eigenvalue weighted by molar-refractivity contribution is 7.15. The van der Waals surface area contributed by atoms with Crippen molar-refractivity contribution in [3.8, 4) is 0 Å². The zero-order valence-corrected chi connectivity index (χ0v) is 13.6. The Labute approximate surface area is 126 Å².